The van der Waals surface area contributed by atoms with Gasteiger partial charge in [-0.15, -0.1) is 0 Å². The van der Waals surface area contributed by atoms with E-state index in [9.17, 15) is 4.79 Å². The van der Waals surface area contributed by atoms with Gasteiger partial charge in [-0.3, -0.25) is 4.79 Å². The number of benzene rings is 1. The predicted octanol–water partition coefficient (Wildman–Crippen LogP) is 1.37. The van der Waals surface area contributed by atoms with Gasteiger partial charge in [-0.2, -0.15) is 0 Å². The number of carbonyl (C=O) groups excluding carboxylic acids is 1. The highest BCUT2D eigenvalue weighted by Gasteiger charge is 2.02. The first-order chi connectivity index (χ1) is 6.09. The second-order valence-corrected chi connectivity index (χ2v) is 3.04. The lowest BCUT2D eigenvalue weighted by Crippen LogP contribution is -2.22. The van der Waals surface area contributed by atoms with Crippen LogP contribution in [0.25, 0.3) is 0 Å². The molecule has 0 saturated heterocycles. The van der Waals surface area contributed by atoms with Crippen molar-refractivity contribution in [3.8, 4) is 5.75 Å². The van der Waals surface area contributed by atoms with E-state index in [1.807, 2.05) is 0 Å². The summed E-state index contributed by atoms with van der Waals surface area (Å²) in [6, 6.07) is 6.83. The quantitative estimate of drug-likeness (QED) is 0.744. The molecule has 1 aromatic rings. The minimum atomic E-state index is 0.0353. The van der Waals surface area contributed by atoms with Crippen molar-refractivity contribution in [2.24, 2.45) is 0 Å². The SMILES string of the molecule is CC(=O)N(C)Cc1ccc(O)cc1. The number of rotatable bonds is 2. The molecule has 0 spiro atoms. The van der Waals surface area contributed by atoms with Gasteiger partial charge in [0.1, 0.15) is 5.75 Å². The van der Waals surface area contributed by atoms with E-state index in [0.29, 0.717) is 6.54 Å². The first kappa shape index (κ1) is 9.58. The van der Waals surface area contributed by atoms with Crippen molar-refractivity contribution < 1.29 is 9.90 Å². The first-order valence-corrected chi connectivity index (χ1v) is 4.09. The molecule has 0 unspecified atom stereocenters. The maximum absolute atomic E-state index is 10.9. The fraction of sp³-hybridized carbons (Fsp3) is 0.300. The van der Waals surface area contributed by atoms with Crippen LogP contribution in [0.15, 0.2) is 24.3 Å². The van der Waals surface area contributed by atoms with Crippen LogP contribution in [-0.4, -0.2) is 23.0 Å². The summed E-state index contributed by atoms with van der Waals surface area (Å²) in [5.74, 6) is 0.280. The van der Waals surface area contributed by atoms with Crippen LogP contribution in [0.3, 0.4) is 0 Å². The highest BCUT2D eigenvalue weighted by atomic mass is 16.3. The number of hydrogen-bond acceptors (Lipinski definition) is 2. The second-order valence-electron chi connectivity index (χ2n) is 3.04. The summed E-state index contributed by atoms with van der Waals surface area (Å²) in [5, 5.41) is 9.02. The third-order valence-electron chi connectivity index (χ3n) is 1.89. The third-order valence-corrected chi connectivity index (χ3v) is 1.89. The van der Waals surface area contributed by atoms with Gasteiger partial charge in [-0.25, -0.2) is 0 Å². The van der Waals surface area contributed by atoms with Crippen LogP contribution in [0.1, 0.15) is 12.5 Å². The van der Waals surface area contributed by atoms with Crippen molar-refractivity contribution in [3.63, 3.8) is 0 Å². The molecule has 0 aromatic heterocycles. The molecule has 1 rings (SSSR count). The highest BCUT2D eigenvalue weighted by molar-refractivity contribution is 5.72. The number of carbonyl (C=O) groups is 1. The Hall–Kier alpha value is -1.51. The molecular formula is C10H13NO2. The van der Waals surface area contributed by atoms with Crippen molar-refractivity contribution in [1.29, 1.82) is 0 Å². The Bertz CT molecular complexity index is 292. The van der Waals surface area contributed by atoms with Crippen molar-refractivity contribution >= 4 is 5.91 Å². The lowest BCUT2D eigenvalue weighted by Gasteiger charge is -2.14. The summed E-state index contributed by atoms with van der Waals surface area (Å²) in [6.45, 7) is 2.11. The molecule has 3 heteroatoms. The van der Waals surface area contributed by atoms with Gasteiger partial charge in [0.15, 0.2) is 0 Å². The van der Waals surface area contributed by atoms with Crippen LogP contribution in [0.4, 0.5) is 0 Å². The van der Waals surface area contributed by atoms with Crippen molar-refractivity contribution in [1.82, 2.24) is 4.90 Å². The molecule has 0 bridgehead atoms. The molecule has 0 aliphatic rings. The average Bonchev–Trinajstić information content (AvgIpc) is 2.08. The number of hydrogen-bond donors (Lipinski definition) is 1. The summed E-state index contributed by atoms with van der Waals surface area (Å²) in [6.07, 6.45) is 0. The van der Waals surface area contributed by atoms with Gasteiger partial charge in [-0.1, -0.05) is 12.1 Å². The molecule has 13 heavy (non-hydrogen) atoms. The summed E-state index contributed by atoms with van der Waals surface area (Å²) in [5.41, 5.74) is 1.01. The van der Waals surface area contributed by atoms with Crippen LogP contribution in [-0.2, 0) is 11.3 Å². The molecule has 0 heterocycles. The predicted molar refractivity (Wildman–Crippen MR) is 50.3 cm³/mol. The Labute approximate surface area is 77.6 Å². The zero-order chi connectivity index (χ0) is 9.84. The van der Waals surface area contributed by atoms with Gasteiger partial charge in [0, 0.05) is 20.5 Å². The van der Waals surface area contributed by atoms with E-state index in [4.69, 9.17) is 5.11 Å². The molecule has 0 aliphatic carbocycles. The summed E-state index contributed by atoms with van der Waals surface area (Å²) in [7, 11) is 1.75. The molecule has 1 amide bonds. The molecule has 0 fully saturated rings. The van der Waals surface area contributed by atoms with E-state index in [-0.39, 0.29) is 11.7 Å². The highest BCUT2D eigenvalue weighted by Crippen LogP contribution is 2.10. The number of aromatic hydroxyl groups is 1. The van der Waals surface area contributed by atoms with Crippen LogP contribution in [0.2, 0.25) is 0 Å². The molecule has 1 aromatic carbocycles. The zero-order valence-corrected chi connectivity index (χ0v) is 7.82. The molecule has 0 radical (unpaired) electrons. The van der Waals surface area contributed by atoms with E-state index >= 15 is 0 Å². The van der Waals surface area contributed by atoms with Crippen LogP contribution >= 0.6 is 0 Å². The van der Waals surface area contributed by atoms with Crippen molar-refractivity contribution in [2.45, 2.75) is 13.5 Å². The van der Waals surface area contributed by atoms with E-state index in [1.54, 1.807) is 36.2 Å². The molecule has 3 nitrogen and oxygen atoms in total. The monoisotopic (exact) mass is 179 g/mol. The van der Waals surface area contributed by atoms with Gasteiger partial charge < -0.3 is 10.0 Å². The van der Waals surface area contributed by atoms with E-state index in [0.717, 1.165) is 5.56 Å². The fourth-order valence-corrected chi connectivity index (χ4v) is 0.987. The standard InChI is InChI=1S/C10H13NO2/c1-8(12)11(2)7-9-3-5-10(13)6-4-9/h3-6,13H,7H2,1-2H3. The number of phenols is 1. The Morgan fingerprint density at radius 3 is 2.38 bits per heavy atom. The smallest absolute Gasteiger partial charge is 0.219 e. The Balaban J connectivity index is 2.64. The molecule has 0 atom stereocenters. The Morgan fingerprint density at radius 1 is 1.38 bits per heavy atom. The molecule has 1 N–H and O–H groups in total. The number of phenolic OH excluding ortho intramolecular Hbond substituents is 1. The van der Waals surface area contributed by atoms with Gasteiger partial charge in [-0.05, 0) is 17.7 Å². The summed E-state index contributed by atoms with van der Waals surface area (Å²) >= 11 is 0. The van der Waals surface area contributed by atoms with Crippen molar-refractivity contribution in [3.05, 3.63) is 29.8 Å². The lowest BCUT2D eigenvalue weighted by atomic mass is 10.2. The number of amides is 1. The lowest BCUT2D eigenvalue weighted by molar-refractivity contribution is -0.128. The first-order valence-electron chi connectivity index (χ1n) is 4.09. The molecule has 0 saturated carbocycles. The van der Waals surface area contributed by atoms with Gasteiger partial charge in [0.2, 0.25) is 5.91 Å². The van der Waals surface area contributed by atoms with Crippen LogP contribution in [0, 0.1) is 0 Å². The Morgan fingerprint density at radius 2 is 1.92 bits per heavy atom. The molecule has 70 valence electrons. The van der Waals surface area contributed by atoms with Crippen LogP contribution < -0.4 is 0 Å². The minimum Gasteiger partial charge on any atom is -0.508 e. The van der Waals surface area contributed by atoms with Gasteiger partial charge >= 0.3 is 0 Å². The van der Waals surface area contributed by atoms with Crippen molar-refractivity contribution in [2.75, 3.05) is 7.05 Å². The minimum absolute atomic E-state index is 0.0353. The molecular weight excluding hydrogens is 166 g/mol. The van der Waals surface area contributed by atoms with Gasteiger partial charge in [0.25, 0.3) is 0 Å². The van der Waals surface area contributed by atoms with E-state index in [2.05, 4.69) is 0 Å². The topological polar surface area (TPSA) is 40.5 Å². The largest absolute Gasteiger partial charge is 0.508 e. The molecule has 0 aliphatic heterocycles. The average molecular weight is 179 g/mol. The number of nitrogens with zero attached hydrogens (tertiary/aromatic N) is 1. The van der Waals surface area contributed by atoms with Crippen LogP contribution in [0.5, 0.6) is 5.75 Å². The third kappa shape index (κ3) is 2.78. The second kappa shape index (κ2) is 3.94. The van der Waals surface area contributed by atoms with E-state index < -0.39 is 0 Å². The summed E-state index contributed by atoms with van der Waals surface area (Å²) in [4.78, 5) is 12.5. The normalized spacial score (nSPS) is 9.69. The van der Waals surface area contributed by atoms with Gasteiger partial charge in [0.05, 0.1) is 0 Å². The van der Waals surface area contributed by atoms with E-state index in [1.165, 1.54) is 6.92 Å². The maximum atomic E-state index is 10.9. The Kier molecular flexibility index (Phi) is 2.90. The zero-order valence-electron chi connectivity index (χ0n) is 7.82. The summed E-state index contributed by atoms with van der Waals surface area (Å²) < 4.78 is 0. The maximum Gasteiger partial charge on any atom is 0.219 e. The fourth-order valence-electron chi connectivity index (χ4n) is 0.987.